The van der Waals surface area contributed by atoms with Crippen LogP contribution in [0.25, 0.3) is 0 Å². The number of aromatic nitrogens is 1. The second-order valence-electron chi connectivity index (χ2n) is 4.35. The van der Waals surface area contributed by atoms with E-state index in [1.54, 1.807) is 0 Å². The van der Waals surface area contributed by atoms with Crippen molar-refractivity contribution in [3.8, 4) is 0 Å². The predicted molar refractivity (Wildman–Crippen MR) is 64.7 cm³/mol. The van der Waals surface area contributed by atoms with Gasteiger partial charge in [-0.3, -0.25) is 4.98 Å². The van der Waals surface area contributed by atoms with E-state index in [4.69, 9.17) is 0 Å². The van der Waals surface area contributed by atoms with Crippen LogP contribution in [0.1, 0.15) is 45.7 Å². The maximum absolute atomic E-state index is 4.14. The molecule has 0 aromatic carbocycles. The molecule has 1 heterocycles. The molecule has 2 nitrogen and oxygen atoms in total. The molecule has 1 N–H and O–H groups in total. The zero-order chi connectivity index (χ0) is 11.3. The van der Waals surface area contributed by atoms with Gasteiger partial charge in [-0.05, 0) is 31.4 Å². The monoisotopic (exact) mass is 206 g/mol. The SMILES string of the molecule is CC[C@@H](C)[C@@H](C)N[C@@H](C)c1cccnc1. The molecular weight excluding hydrogens is 184 g/mol. The minimum Gasteiger partial charge on any atom is -0.307 e. The van der Waals surface area contributed by atoms with Gasteiger partial charge in [0.05, 0.1) is 0 Å². The van der Waals surface area contributed by atoms with Gasteiger partial charge in [0, 0.05) is 24.5 Å². The Bertz CT molecular complexity index is 271. The Kier molecular flexibility index (Phi) is 4.76. The van der Waals surface area contributed by atoms with Crippen molar-refractivity contribution in [3.05, 3.63) is 30.1 Å². The smallest absolute Gasteiger partial charge is 0.0315 e. The van der Waals surface area contributed by atoms with Gasteiger partial charge in [0.2, 0.25) is 0 Å². The van der Waals surface area contributed by atoms with E-state index >= 15 is 0 Å². The Labute approximate surface area is 93.1 Å². The average molecular weight is 206 g/mol. The first-order valence-corrected chi connectivity index (χ1v) is 5.81. The molecule has 2 heteroatoms. The van der Waals surface area contributed by atoms with E-state index in [1.165, 1.54) is 12.0 Å². The van der Waals surface area contributed by atoms with Crippen LogP contribution in [0.5, 0.6) is 0 Å². The third-order valence-corrected chi connectivity index (χ3v) is 3.19. The molecule has 1 rings (SSSR count). The van der Waals surface area contributed by atoms with E-state index < -0.39 is 0 Å². The van der Waals surface area contributed by atoms with Gasteiger partial charge in [-0.1, -0.05) is 26.3 Å². The van der Waals surface area contributed by atoms with Gasteiger partial charge in [-0.15, -0.1) is 0 Å². The predicted octanol–water partition coefficient (Wildman–Crippen LogP) is 3.17. The van der Waals surface area contributed by atoms with Crippen molar-refractivity contribution in [2.24, 2.45) is 5.92 Å². The molecule has 15 heavy (non-hydrogen) atoms. The zero-order valence-corrected chi connectivity index (χ0v) is 10.2. The van der Waals surface area contributed by atoms with Crippen LogP contribution in [0.3, 0.4) is 0 Å². The summed E-state index contributed by atoms with van der Waals surface area (Å²) in [6.07, 6.45) is 4.96. The van der Waals surface area contributed by atoms with E-state index in [2.05, 4.69) is 44.1 Å². The van der Waals surface area contributed by atoms with Gasteiger partial charge in [0.25, 0.3) is 0 Å². The van der Waals surface area contributed by atoms with Crippen molar-refractivity contribution in [1.29, 1.82) is 0 Å². The molecule has 0 aliphatic rings. The minimum atomic E-state index is 0.378. The lowest BCUT2D eigenvalue weighted by molar-refractivity contribution is 0.360. The van der Waals surface area contributed by atoms with Crippen LogP contribution in [0.15, 0.2) is 24.5 Å². The molecule has 0 fully saturated rings. The van der Waals surface area contributed by atoms with Crippen LogP contribution in [-0.4, -0.2) is 11.0 Å². The van der Waals surface area contributed by atoms with Crippen molar-refractivity contribution >= 4 is 0 Å². The van der Waals surface area contributed by atoms with Crippen molar-refractivity contribution in [2.45, 2.75) is 46.2 Å². The Morgan fingerprint density at radius 3 is 2.60 bits per heavy atom. The number of pyridine rings is 1. The lowest BCUT2D eigenvalue weighted by Gasteiger charge is -2.24. The molecule has 1 aromatic rings. The molecule has 0 amide bonds. The lowest BCUT2D eigenvalue weighted by atomic mass is 9.99. The van der Waals surface area contributed by atoms with Crippen LogP contribution in [0.4, 0.5) is 0 Å². The fourth-order valence-electron chi connectivity index (χ4n) is 1.64. The highest BCUT2D eigenvalue weighted by Gasteiger charge is 2.13. The molecule has 0 aliphatic heterocycles. The van der Waals surface area contributed by atoms with Gasteiger partial charge in [0.15, 0.2) is 0 Å². The molecule has 0 saturated carbocycles. The number of rotatable bonds is 5. The fourth-order valence-corrected chi connectivity index (χ4v) is 1.64. The first kappa shape index (κ1) is 12.2. The highest BCUT2D eigenvalue weighted by atomic mass is 14.9. The first-order chi connectivity index (χ1) is 7.15. The maximum atomic E-state index is 4.14. The lowest BCUT2D eigenvalue weighted by Crippen LogP contribution is -2.33. The average Bonchev–Trinajstić information content (AvgIpc) is 2.29. The summed E-state index contributed by atoms with van der Waals surface area (Å²) in [4.78, 5) is 4.14. The molecule has 0 spiro atoms. The van der Waals surface area contributed by atoms with E-state index in [9.17, 15) is 0 Å². The summed E-state index contributed by atoms with van der Waals surface area (Å²) in [5.74, 6) is 0.712. The minimum absolute atomic E-state index is 0.378. The van der Waals surface area contributed by atoms with Crippen LogP contribution in [0.2, 0.25) is 0 Å². The molecule has 0 aliphatic carbocycles. The van der Waals surface area contributed by atoms with E-state index in [0.29, 0.717) is 18.0 Å². The van der Waals surface area contributed by atoms with Gasteiger partial charge >= 0.3 is 0 Å². The zero-order valence-electron chi connectivity index (χ0n) is 10.2. The molecule has 1 aromatic heterocycles. The topological polar surface area (TPSA) is 24.9 Å². The Morgan fingerprint density at radius 2 is 2.07 bits per heavy atom. The van der Waals surface area contributed by atoms with Crippen molar-refractivity contribution in [3.63, 3.8) is 0 Å². The number of nitrogens with zero attached hydrogens (tertiary/aromatic N) is 1. The summed E-state index contributed by atoms with van der Waals surface area (Å²) < 4.78 is 0. The van der Waals surface area contributed by atoms with E-state index in [1.807, 2.05) is 18.5 Å². The second kappa shape index (κ2) is 5.86. The second-order valence-corrected chi connectivity index (χ2v) is 4.35. The third-order valence-electron chi connectivity index (χ3n) is 3.19. The van der Waals surface area contributed by atoms with Crippen LogP contribution in [0, 0.1) is 5.92 Å². The van der Waals surface area contributed by atoms with Gasteiger partial charge in [0.1, 0.15) is 0 Å². The summed E-state index contributed by atoms with van der Waals surface area (Å²) in [7, 11) is 0. The van der Waals surface area contributed by atoms with E-state index in [-0.39, 0.29) is 0 Å². The summed E-state index contributed by atoms with van der Waals surface area (Å²) in [5, 5.41) is 3.61. The van der Waals surface area contributed by atoms with Gasteiger partial charge < -0.3 is 5.32 Å². The van der Waals surface area contributed by atoms with Gasteiger partial charge in [-0.2, -0.15) is 0 Å². The molecule has 0 unspecified atom stereocenters. The Hall–Kier alpha value is -0.890. The third kappa shape index (κ3) is 3.63. The van der Waals surface area contributed by atoms with Gasteiger partial charge in [-0.25, -0.2) is 0 Å². The number of nitrogens with one attached hydrogen (secondary N) is 1. The summed E-state index contributed by atoms with van der Waals surface area (Å²) in [5.41, 5.74) is 1.26. The first-order valence-electron chi connectivity index (χ1n) is 5.81. The van der Waals surface area contributed by atoms with E-state index in [0.717, 1.165) is 0 Å². The normalized spacial score (nSPS) is 17.1. The highest BCUT2D eigenvalue weighted by molar-refractivity contribution is 5.12. The Balaban J connectivity index is 2.52. The molecular formula is C13H22N2. The van der Waals surface area contributed by atoms with Crippen LogP contribution < -0.4 is 5.32 Å². The number of hydrogen-bond acceptors (Lipinski definition) is 2. The number of hydrogen-bond donors (Lipinski definition) is 1. The molecule has 0 saturated heterocycles. The highest BCUT2D eigenvalue weighted by Crippen LogP contribution is 2.14. The molecule has 84 valence electrons. The molecule has 3 atom stereocenters. The standard InChI is InChI=1S/C13H22N2/c1-5-10(2)11(3)15-12(4)13-7-6-8-14-9-13/h6-12,15H,5H2,1-4H3/t10-,11-,12+/m1/s1. The Morgan fingerprint density at radius 1 is 1.33 bits per heavy atom. The van der Waals surface area contributed by atoms with Crippen molar-refractivity contribution in [1.82, 2.24) is 10.3 Å². The van der Waals surface area contributed by atoms with Crippen LogP contribution in [-0.2, 0) is 0 Å². The molecule has 0 bridgehead atoms. The van der Waals surface area contributed by atoms with Crippen LogP contribution >= 0.6 is 0 Å². The summed E-state index contributed by atoms with van der Waals surface area (Å²) in [6, 6.07) is 5.03. The maximum Gasteiger partial charge on any atom is 0.0315 e. The quantitative estimate of drug-likeness (QED) is 0.800. The summed E-state index contributed by atoms with van der Waals surface area (Å²) in [6.45, 7) is 8.96. The van der Waals surface area contributed by atoms with Crippen molar-refractivity contribution < 1.29 is 0 Å². The van der Waals surface area contributed by atoms with Crippen molar-refractivity contribution in [2.75, 3.05) is 0 Å². The largest absolute Gasteiger partial charge is 0.307 e. The fraction of sp³-hybridized carbons (Fsp3) is 0.615. The molecule has 0 radical (unpaired) electrons. The summed E-state index contributed by atoms with van der Waals surface area (Å²) >= 11 is 0.